The van der Waals surface area contributed by atoms with Crippen LogP contribution in [-0.4, -0.2) is 29.1 Å². The van der Waals surface area contributed by atoms with Crippen molar-refractivity contribution in [2.45, 2.75) is 45.7 Å². The van der Waals surface area contributed by atoms with E-state index in [2.05, 4.69) is 57.5 Å². The molecule has 0 aliphatic heterocycles. The van der Waals surface area contributed by atoms with Gasteiger partial charge < -0.3 is 0 Å². The third-order valence-electron chi connectivity index (χ3n) is 5.21. The Balaban J connectivity index is 2.27. The molecule has 1 aromatic carbocycles. The number of fused-ring (bicyclic) bond motifs is 1. The maximum absolute atomic E-state index is 12.8. The molecule has 0 fully saturated rings. The van der Waals surface area contributed by atoms with Gasteiger partial charge in [0.15, 0.2) is 7.75 Å². The molecule has 0 atom stereocenters. The molecule has 0 bridgehead atoms. The van der Waals surface area contributed by atoms with E-state index in [0.29, 0.717) is 0 Å². The lowest BCUT2D eigenvalue weighted by Crippen LogP contribution is -2.68. The summed E-state index contributed by atoms with van der Waals surface area (Å²) in [6, 6.07) is 6.02. The predicted molar refractivity (Wildman–Crippen MR) is 98.1 cm³/mol. The summed E-state index contributed by atoms with van der Waals surface area (Å²) in [5.41, 5.74) is 3.14. The normalized spacial score (nSPS) is 14.4. The van der Waals surface area contributed by atoms with Gasteiger partial charge in [-0.1, -0.05) is 63.6 Å². The lowest BCUT2D eigenvalue weighted by Gasteiger charge is -2.39. The molecule has 0 spiro atoms. The van der Waals surface area contributed by atoms with Crippen molar-refractivity contribution in [1.29, 1.82) is 0 Å². The minimum Gasteiger partial charge on any atom is -0.290 e. The lowest BCUT2D eigenvalue weighted by molar-refractivity contribution is 0.0975. The van der Waals surface area contributed by atoms with Crippen molar-refractivity contribution in [3.63, 3.8) is 0 Å². The van der Waals surface area contributed by atoms with Crippen LogP contribution < -0.4 is 4.98 Å². The number of nitrogens with zero attached hydrogens (tertiary/aromatic N) is 1. The highest BCUT2D eigenvalue weighted by Gasteiger charge is 2.47. The SMILES string of the molecule is C[Si](C)[Si](C)(C)[Si](C)(C)[N]C(=O)c1cccc2c1C=CC2. The maximum atomic E-state index is 12.8. The molecule has 0 heterocycles. The molecule has 2 nitrogen and oxygen atoms in total. The summed E-state index contributed by atoms with van der Waals surface area (Å²) >= 11 is 0. The zero-order valence-electron chi connectivity index (χ0n) is 13.9. The van der Waals surface area contributed by atoms with E-state index in [-0.39, 0.29) is 14.2 Å². The fourth-order valence-electron chi connectivity index (χ4n) is 2.54. The summed E-state index contributed by atoms with van der Waals surface area (Å²) in [4.78, 5) is 17.6. The smallest absolute Gasteiger partial charge is 0.263 e. The van der Waals surface area contributed by atoms with Gasteiger partial charge in [-0.2, -0.15) is 0 Å². The van der Waals surface area contributed by atoms with Crippen LogP contribution in [-0.2, 0) is 6.42 Å². The van der Waals surface area contributed by atoms with Crippen LogP contribution in [0, 0.1) is 0 Å². The summed E-state index contributed by atoms with van der Waals surface area (Å²) in [6.45, 7) is 14.2. The summed E-state index contributed by atoms with van der Waals surface area (Å²) in [7, 11) is -3.60. The average Bonchev–Trinajstić information content (AvgIpc) is 2.85. The van der Waals surface area contributed by atoms with Crippen molar-refractivity contribution < 1.29 is 4.79 Å². The zero-order valence-corrected chi connectivity index (χ0v) is 16.9. The van der Waals surface area contributed by atoms with E-state index in [1.54, 1.807) is 0 Å². The number of benzene rings is 1. The van der Waals surface area contributed by atoms with Crippen molar-refractivity contribution in [3.8, 4) is 0 Å². The highest BCUT2D eigenvalue weighted by Crippen LogP contribution is 2.26. The van der Waals surface area contributed by atoms with E-state index in [4.69, 9.17) is 4.98 Å². The van der Waals surface area contributed by atoms with E-state index in [9.17, 15) is 4.79 Å². The molecule has 0 aromatic heterocycles. The Morgan fingerprint density at radius 3 is 2.48 bits per heavy atom. The Bertz CT molecular complexity index is 591. The highest BCUT2D eigenvalue weighted by atomic mass is 29.6. The molecule has 1 amide bonds. The molecule has 0 saturated carbocycles. The first kappa shape index (κ1) is 16.5. The quantitative estimate of drug-likeness (QED) is 0.772. The molecular formula is C16H25NOSi3. The molecule has 2 radical (unpaired) electrons. The second-order valence-corrected chi connectivity index (χ2v) is 31.3. The molecule has 0 unspecified atom stereocenters. The van der Waals surface area contributed by atoms with Crippen LogP contribution in [0.5, 0.6) is 0 Å². The second-order valence-electron chi connectivity index (χ2n) is 7.09. The molecule has 1 aromatic rings. The first-order chi connectivity index (χ1) is 9.67. The monoisotopic (exact) mass is 331 g/mol. The first-order valence-electron chi connectivity index (χ1n) is 7.53. The van der Waals surface area contributed by atoms with Gasteiger partial charge in [-0.3, -0.25) is 9.78 Å². The standard InChI is InChI=1S/C16H25NOSi3/c1-19(2)21(5,6)20(3,4)17-16(18)15-12-8-10-13-9-7-11-14(13)15/h7-8,10-12H,9H2,1-6H3. The molecule has 0 N–H and O–H groups in total. The minimum atomic E-state index is -1.84. The Morgan fingerprint density at radius 2 is 1.86 bits per heavy atom. The van der Waals surface area contributed by atoms with Gasteiger partial charge >= 0.3 is 0 Å². The fourth-order valence-corrected chi connectivity index (χ4v) is 21.0. The second kappa shape index (κ2) is 5.70. The number of allylic oxidation sites excluding steroid dienone is 1. The molecule has 5 heteroatoms. The van der Waals surface area contributed by atoms with Crippen molar-refractivity contribution in [2.75, 3.05) is 0 Å². The van der Waals surface area contributed by atoms with Crippen molar-refractivity contribution >= 4 is 35.2 Å². The van der Waals surface area contributed by atoms with E-state index in [0.717, 1.165) is 17.5 Å². The van der Waals surface area contributed by atoms with Gasteiger partial charge in [0, 0.05) is 13.9 Å². The van der Waals surface area contributed by atoms with Gasteiger partial charge in [-0.15, -0.1) is 0 Å². The first-order valence-corrected chi connectivity index (χ1v) is 18.0. The summed E-state index contributed by atoms with van der Waals surface area (Å²) < 4.78 is 0. The predicted octanol–water partition coefficient (Wildman–Crippen LogP) is 3.83. The van der Waals surface area contributed by atoms with Gasteiger partial charge in [0.1, 0.15) is 0 Å². The molecule has 2 rings (SSSR count). The van der Waals surface area contributed by atoms with Gasteiger partial charge in [-0.25, -0.2) is 0 Å². The van der Waals surface area contributed by atoms with Crippen molar-refractivity contribution in [1.82, 2.24) is 4.98 Å². The van der Waals surface area contributed by atoms with Crippen molar-refractivity contribution in [3.05, 3.63) is 41.0 Å². The Morgan fingerprint density at radius 1 is 1.19 bits per heavy atom. The molecular weight excluding hydrogens is 306 g/mol. The Kier molecular flexibility index (Phi) is 4.47. The largest absolute Gasteiger partial charge is 0.290 e. The number of hydrogen-bond acceptors (Lipinski definition) is 1. The van der Waals surface area contributed by atoms with Crippen LogP contribution >= 0.6 is 0 Å². The summed E-state index contributed by atoms with van der Waals surface area (Å²) in [5, 5.41) is 0. The average molecular weight is 332 g/mol. The van der Waals surface area contributed by atoms with Crippen LogP contribution in [0.3, 0.4) is 0 Å². The number of hydrogen-bond donors (Lipinski definition) is 0. The Labute approximate surface area is 131 Å². The number of rotatable bonds is 4. The van der Waals surface area contributed by atoms with Crippen LogP contribution in [0.15, 0.2) is 24.3 Å². The van der Waals surface area contributed by atoms with Gasteiger partial charge in [-0.05, 0) is 23.6 Å². The lowest BCUT2D eigenvalue weighted by atomic mass is 10.0. The highest BCUT2D eigenvalue weighted by molar-refractivity contribution is 7.63. The summed E-state index contributed by atoms with van der Waals surface area (Å²) in [5.74, 6) is 0.0129. The third-order valence-corrected chi connectivity index (χ3v) is 38.5. The van der Waals surface area contributed by atoms with Crippen LogP contribution in [0.1, 0.15) is 21.5 Å². The number of carbonyl (C=O) groups excluding carboxylic acids is 1. The van der Waals surface area contributed by atoms with Crippen molar-refractivity contribution in [2.24, 2.45) is 0 Å². The summed E-state index contributed by atoms with van der Waals surface area (Å²) in [6.07, 6.45) is 5.14. The minimum absolute atomic E-state index is 0.0129. The van der Waals surface area contributed by atoms with Crippen LogP contribution in [0.2, 0.25) is 39.3 Å². The molecule has 112 valence electrons. The molecule has 1 aliphatic carbocycles. The van der Waals surface area contributed by atoms with Gasteiger partial charge in [0.2, 0.25) is 0 Å². The van der Waals surface area contributed by atoms with Crippen LogP contribution in [0.25, 0.3) is 6.08 Å². The van der Waals surface area contributed by atoms with Crippen LogP contribution in [0.4, 0.5) is 0 Å². The zero-order chi connectivity index (χ0) is 15.8. The Hall–Kier alpha value is -0.919. The molecule has 0 saturated heterocycles. The molecule has 21 heavy (non-hydrogen) atoms. The number of carbonyl (C=O) groups is 1. The number of amides is 1. The topological polar surface area (TPSA) is 31.2 Å². The van der Waals surface area contributed by atoms with E-state index < -0.39 is 14.9 Å². The molecule has 1 aliphatic rings. The van der Waals surface area contributed by atoms with Gasteiger partial charge in [0.05, 0.1) is 7.11 Å². The van der Waals surface area contributed by atoms with E-state index >= 15 is 0 Å². The maximum Gasteiger partial charge on any atom is 0.263 e. The van der Waals surface area contributed by atoms with E-state index in [1.165, 1.54) is 5.56 Å². The van der Waals surface area contributed by atoms with E-state index in [1.807, 2.05) is 12.1 Å². The third kappa shape index (κ3) is 3.00. The fraction of sp³-hybridized carbons (Fsp3) is 0.438. The van der Waals surface area contributed by atoms with Gasteiger partial charge in [0.25, 0.3) is 5.91 Å².